The Kier molecular flexibility index (Phi) is 6.58. The van der Waals surface area contributed by atoms with Gasteiger partial charge >= 0.3 is 0 Å². The predicted molar refractivity (Wildman–Crippen MR) is 149 cm³/mol. The molecular weight excluding hydrogens is 494 g/mol. The maximum atomic E-state index is 13.4. The molecule has 1 aliphatic rings. The molecule has 1 saturated heterocycles. The van der Waals surface area contributed by atoms with Crippen molar-refractivity contribution < 1.29 is 8.76 Å². The molecule has 3 heterocycles. The number of rotatable bonds is 7. The molecule has 6 N–H and O–H groups in total. The lowest BCUT2D eigenvalue weighted by Crippen LogP contribution is -2.55. The average Bonchev–Trinajstić information content (AvgIpc) is 3.23. The first-order valence-corrected chi connectivity index (χ1v) is 14.8. The van der Waals surface area contributed by atoms with Gasteiger partial charge < -0.3 is 16.4 Å². The number of hydrogen-bond acceptors (Lipinski definition) is 8. The van der Waals surface area contributed by atoms with Crippen molar-refractivity contribution in [2.24, 2.45) is 0 Å². The van der Waals surface area contributed by atoms with Crippen LogP contribution in [0.1, 0.15) is 24.0 Å². The third kappa shape index (κ3) is 5.77. The van der Waals surface area contributed by atoms with Crippen molar-refractivity contribution in [2.75, 3.05) is 30.4 Å². The second kappa shape index (κ2) is 9.68. The van der Waals surface area contributed by atoms with Gasteiger partial charge in [-0.3, -0.25) is 4.55 Å². The molecule has 1 unspecified atom stereocenters. The number of nitrogens with zero attached hydrogens (tertiary/aromatic N) is 3. The van der Waals surface area contributed by atoms with Gasteiger partial charge in [-0.2, -0.15) is 4.21 Å². The molecule has 188 valence electrons. The SMILES string of the molecule is CS(=O)(O)(NC1CCCNC1)c1ccc(Nc2ncc(/C=C/c3ccc4nc(N)sc4c3)cn2)cc1. The van der Waals surface area contributed by atoms with Crippen LogP contribution in [0.2, 0.25) is 0 Å². The Labute approximate surface area is 213 Å². The van der Waals surface area contributed by atoms with E-state index in [9.17, 15) is 8.76 Å². The summed E-state index contributed by atoms with van der Waals surface area (Å²) in [5, 5.41) is 6.96. The summed E-state index contributed by atoms with van der Waals surface area (Å²) < 4.78 is 28.3. The molecule has 0 aliphatic carbocycles. The van der Waals surface area contributed by atoms with Crippen LogP contribution in [0.4, 0.5) is 16.8 Å². The van der Waals surface area contributed by atoms with E-state index in [0.717, 1.165) is 46.4 Å². The summed E-state index contributed by atoms with van der Waals surface area (Å²) in [6.45, 7) is 1.63. The average molecular weight is 524 g/mol. The number of aromatic nitrogens is 3. The van der Waals surface area contributed by atoms with E-state index in [0.29, 0.717) is 22.5 Å². The zero-order valence-electron chi connectivity index (χ0n) is 19.8. The van der Waals surface area contributed by atoms with Crippen molar-refractivity contribution in [3.63, 3.8) is 0 Å². The van der Waals surface area contributed by atoms with Crippen LogP contribution in [0.5, 0.6) is 0 Å². The van der Waals surface area contributed by atoms with E-state index < -0.39 is 9.53 Å². The molecule has 0 amide bonds. The van der Waals surface area contributed by atoms with E-state index in [1.165, 1.54) is 17.6 Å². The second-order valence-corrected chi connectivity index (χ2v) is 13.4. The fourth-order valence-electron chi connectivity index (χ4n) is 4.14. The van der Waals surface area contributed by atoms with Gasteiger partial charge in [0.25, 0.3) is 0 Å². The molecule has 0 bridgehead atoms. The van der Waals surface area contributed by atoms with Gasteiger partial charge in [-0.05, 0) is 61.3 Å². The van der Waals surface area contributed by atoms with Crippen LogP contribution < -0.4 is 21.1 Å². The van der Waals surface area contributed by atoms with Crippen LogP contribution in [0.3, 0.4) is 0 Å². The summed E-state index contributed by atoms with van der Waals surface area (Å²) >= 11 is 1.46. The third-order valence-corrected chi connectivity index (χ3v) is 9.09. The molecule has 0 spiro atoms. The molecule has 5 rings (SSSR count). The quantitative estimate of drug-likeness (QED) is 0.244. The van der Waals surface area contributed by atoms with Crippen LogP contribution in [-0.4, -0.2) is 49.1 Å². The third-order valence-electron chi connectivity index (χ3n) is 5.98. The van der Waals surface area contributed by atoms with Crippen molar-refractivity contribution in [3.05, 3.63) is 66.0 Å². The molecule has 1 atom stereocenters. The highest BCUT2D eigenvalue weighted by Crippen LogP contribution is 2.29. The predicted octanol–water partition coefficient (Wildman–Crippen LogP) is 4.12. The summed E-state index contributed by atoms with van der Waals surface area (Å²) in [4.78, 5) is 13.4. The topological polar surface area (TPSA) is 138 Å². The lowest BCUT2D eigenvalue weighted by molar-refractivity contribution is 0.409. The summed E-state index contributed by atoms with van der Waals surface area (Å²) in [6, 6.07) is 12.8. The minimum Gasteiger partial charge on any atom is -0.375 e. The van der Waals surface area contributed by atoms with E-state index in [2.05, 4.69) is 30.3 Å². The monoisotopic (exact) mass is 523 g/mol. The highest BCUT2D eigenvalue weighted by Gasteiger charge is 2.28. The molecule has 0 radical (unpaired) electrons. The van der Waals surface area contributed by atoms with Crippen LogP contribution in [0, 0.1) is 0 Å². The van der Waals surface area contributed by atoms with E-state index >= 15 is 0 Å². The van der Waals surface area contributed by atoms with E-state index in [-0.39, 0.29) is 6.04 Å². The van der Waals surface area contributed by atoms with Crippen molar-refractivity contribution in [1.29, 1.82) is 0 Å². The van der Waals surface area contributed by atoms with Crippen LogP contribution in [-0.2, 0) is 9.53 Å². The number of hydrogen-bond donors (Lipinski definition) is 5. The largest absolute Gasteiger partial charge is 0.375 e. The molecular formula is C25H29N7O2S2. The Bertz CT molecular complexity index is 1450. The molecule has 1 aliphatic heterocycles. The zero-order valence-corrected chi connectivity index (χ0v) is 21.5. The molecule has 0 saturated carbocycles. The number of nitrogen functional groups attached to an aromatic ring is 1. The molecule has 36 heavy (non-hydrogen) atoms. The highest BCUT2D eigenvalue weighted by atomic mass is 32.3. The van der Waals surface area contributed by atoms with Gasteiger partial charge in [0.15, 0.2) is 5.13 Å². The van der Waals surface area contributed by atoms with Gasteiger partial charge in [-0.15, -0.1) is 9.53 Å². The standard InChI is InChI=1S/C25H29N7O2S2/c1-36(33,34,32-20-3-2-12-27-16-20)21-9-7-19(8-10-21)30-25-28-14-18(15-29-25)5-4-17-6-11-22-23(13-17)35-24(26)31-22/h4-11,13-15,20,27H,2-3,12,16H2,1H3,(H2,26,31)(H,28,29,30)(H2,32,33,34)/b5-4+. The van der Waals surface area contributed by atoms with Crippen molar-refractivity contribution in [1.82, 2.24) is 25.0 Å². The van der Waals surface area contributed by atoms with Gasteiger partial charge in [0, 0.05) is 42.5 Å². The summed E-state index contributed by atoms with van der Waals surface area (Å²) in [6.07, 6.45) is 10.6. The zero-order chi connectivity index (χ0) is 25.2. The smallest absolute Gasteiger partial charge is 0.227 e. The summed E-state index contributed by atoms with van der Waals surface area (Å²) in [5.41, 5.74) is 9.30. The van der Waals surface area contributed by atoms with Gasteiger partial charge in [0.2, 0.25) is 5.95 Å². The normalized spacial score (nSPS) is 17.7. The molecule has 4 aromatic rings. The molecule has 9 nitrogen and oxygen atoms in total. The highest BCUT2D eigenvalue weighted by molar-refractivity contribution is 8.12. The van der Waals surface area contributed by atoms with E-state index in [1.807, 2.05) is 30.4 Å². The fraction of sp³-hybridized carbons (Fsp3) is 0.240. The molecule has 2 aromatic carbocycles. The fourth-order valence-corrected chi connectivity index (χ4v) is 6.83. The molecule has 11 heteroatoms. The minimum absolute atomic E-state index is 0.0404. The minimum atomic E-state index is -4.16. The van der Waals surface area contributed by atoms with Crippen LogP contribution in [0.25, 0.3) is 22.4 Å². The van der Waals surface area contributed by atoms with Crippen LogP contribution in [0.15, 0.2) is 59.8 Å². The molecule has 1 fully saturated rings. The Hall–Kier alpha value is -3.22. The van der Waals surface area contributed by atoms with Crippen molar-refractivity contribution >= 4 is 60.0 Å². The Morgan fingerprint density at radius 3 is 2.61 bits per heavy atom. The second-order valence-electron chi connectivity index (χ2n) is 9.05. The number of nitrogens with one attached hydrogen (secondary N) is 3. The maximum Gasteiger partial charge on any atom is 0.227 e. The van der Waals surface area contributed by atoms with Gasteiger partial charge in [0.1, 0.15) is 0 Å². The Morgan fingerprint density at radius 1 is 1.14 bits per heavy atom. The Morgan fingerprint density at radius 2 is 1.89 bits per heavy atom. The lowest BCUT2D eigenvalue weighted by Gasteiger charge is -2.44. The molecule has 2 aromatic heterocycles. The number of thiazole rings is 1. The number of nitrogens with two attached hydrogens (primary N) is 1. The summed E-state index contributed by atoms with van der Waals surface area (Å²) in [5.74, 6) is 0.436. The maximum absolute atomic E-state index is 13.4. The number of anilines is 3. The van der Waals surface area contributed by atoms with Gasteiger partial charge in [-0.25, -0.2) is 19.7 Å². The van der Waals surface area contributed by atoms with Gasteiger partial charge in [0.05, 0.1) is 15.1 Å². The number of benzene rings is 2. The first kappa shape index (κ1) is 24.5. The first-order chi connectivity index (χ1) is 17.2. The van der Waals surface area contributed by atoms with Crippen molar-refractivity contribution in [2.45, 2.75) is 23.8 Å². The van der Waals surface area contributed by atoms with E-state index in [1.54, 1.807) is 36.7 Å². The first-order valence-electron chi connectivity index (χ1n) is 11.6. The Balaban J connectivity index is 1.22. The van der Waals surface area contributed by atoms with Gasteiger partial charge in [-0.1, -0.05) is 29.6 Å². The summed E-state index contributed by atoms with van der Waals surface area (Å²) in [7, 11) is -4.16. The van der Waals surface area contributed by atoms with E-state index in [4.69, 9.17) is 5.73 Å². The number of piperidine rings is 1. The van der Waals surface area contributed by atoms with Crippen molar-refractivity contribution in [3.8, 4) is 0 Å². The lowest BCUT2D eigenvalue weighted by atomic mass is 10.1. The number of fused-ring (bicyclic) bond motifs is 1. The van der Waals surface area contributed by atoms with Crippen LogP contribution >= 0.6 is 11.3 Å².